The lowest BCUT2D eigenvalue weighted by molar-refractivity contribution is 0.0695. The summed E-state index contributed by atoms with van der Waals surface area (Å²) in [5, 5.41) is 11.5. The second-order valence-corrected chi connectivity index (χ2v) is 5.47. The number of para-hydroxylation sites is 1. The van der Waals surface area contributed by atoms with Crippen LogP contribution < -0.4 is 10.1 Å². The van der Waals surface area contributed by atoms with E-state index >= 15 is 0 Å². The monoisotopic (exact) mass is 315 g/mol. The lowest BCUT2D eigenvalue weighted by Gasteiger charge is -2.27. The number of aromatic carboxylic acids is 1. The van der Waals surface area contributed by atoms with E-state index in [1.165, 1.54) is 12.5 Å². The number of carboxylic acid groups (broad SMARTS) is 1. The van der Waals surface area contributed by atoms with Gasteiger partial charge in [-0.2, -0.15) is 0 Å². The molecular formula is C17H17NO5. The first kappa shape index (κ1) is 15.1. The Morgan fingerprint density at radius 2 is 2.09 bits per heavy atom. The molecule has 6 nitrogen and oxygen atoms in total. The van der Waals surface area contributed by atoms with Crippen molar-refractivity contribution in [2.45, 2.75) is 31.9 Å². The number of hydrogen-bond acceptors (Lipinski definition) is 4. The largest absolute Gasteiger partial charge is 0.490 e. The van der Waals surface area contributed by atoms with E-state index in [1.807, 2.05) is 24.3 Å². The van der Waals surface area contributed by atoms with Crippen molar-refractivity contribution < 1.29 is 23.8 Å². The molecule has 1 aromatic carbocycles. The Morgan fingerprint density at radius 1 is 1.30 bits per heavy atom. The van der Waals surface area contributed by atoms with E-state index in [9.17, 15) is 9.59 Å². The van der Waals surface area contributed by atoms with Crippen LogP contribution in [0.3, 0.4) is 0 Å². The first-order valence-corrected chi connectivity index (χ1v) is 7.48. The van der Waals surface area contributed by atoms with Gasteiger partial charge in [-0.1, -0.05) is 18.2 Å². The van der Waals surface area contributed by atoms with Gasteiger partial charge in [0.15, 0.2) is 5.76 Å². The first-order valence-electron chi connectivity index (χ1n) is 7.48. The van der Waals surface area contributed by atoms with E-state index < -0.39 is 11.9 Å². The number of hydrogen-bond donors (Lipinski definition) is 2. The lowest BCUT2D eigenvalue weighted by atomic mass is 9.96. The normalized spacial score (nSPS) is 14.1. The van der Waals surface area contributed by atoms with Crippen LogP contribution in [0.1, 0.15) is 45.7 Å². The quantitative estimate of drug-likeness (QED) is 0.855. The number of nitrogens with one attached hydrogen (secondary N) is 1. The minimum atomic E-state index is -1.13. The highest BCUT2D eigenvalue weighted by Crippen LogP contribution is 2.27. The van der Waals surface area contributed by atoms with Gasteiger partial charge in [-0.15, -0.1) is 0 Å². The summed E-state index contributed by atoms with van der Waals surface area (Å²) in [6.45, 7) is 0.283. The number of amides is 1. The highest BCUT2D eigenvalue weighted by Gasteiger charge is 2.20. The Morgan fingerprint density at radius 3 is 2.74 bits per heavy atom. The van der Waals surface area contributed by atoms with Crippen LogP contribution in [0.5, 0.6) is 5.75 Å². The van der Waals surface area contributed by atoms with E-state index in [0.29, 0.717) is 0 Å². The molecule has 0 saturated heterocycles. The topological polar surface area (TPSA) is 88.8 Å². The van der Waals surface area contributed by atoms with Gasteiger partial charge in [-0.3, -0.25) is 4.79 Å². The van der Waals surface area contributed by atoms with E-state index in [0.717, 1.165) is 30.4 Å². The molecule has 6 heteroatoms. The Hall–Kier alpha value is -2.76. The summed E-state index contributed by atoms with van der Waals surface area (Å²) in [6, 6.07) is 8.75. The molecule has 0 unspecified atom stereocenters. The van der Waals surface area contributed by atoms with Crippen molar-refractivity contribution in [1.82, 2.24) is 5.32 Å². The molecule has 1 heterocycles. The maximum Gasteiger partial charge on any atom is 0.338 e. The molecule has 1 saturated carbocycles. The number of benzene rings is 1. The third-order valence-electron chi connectivity index (χ3n) is 3.83. The lowest BCUT2D eigenvalue weighted by Crippen LogP contribution is -2.26. The Labute approximate surface area is 133 Å². The molecular weight excluding hydrogens is 298 g/mol. The van der Waals surface area contributed by atoms with Crippen molar-refractivity contribution in [3.63, 3.8) is 0 Å². The van der Waals surface area contributed by atoms with Crippen molar-refractivity contribution >= 4 is 11.9 Å². The van der Waals surface area contributed by atoms with Crippen LogP contribution in [0.4, 0.5) is 0 Å². The minimum absolute atomic E-state index is 0.0280. The maximum absolute atomic E-state index is 12.0. The molecule has 1 aliphatic carbocycles. The third kappa shape index (κ3) is 3.53. The maximum atomic E-state index is 12.0. The second-order valence-electron chi connectivity index (χ2n) is 5.47. The summed E-state index contributed by atoms with van der Waals surface area (Å²) in [6.07, 6.45) is 4.62. The molecule has 0 aliphatic heterocycles. The number of carboxylic acids is 1. The van der Waals surface area contributed by atoms with Crippen molar-refractivity contribution in [2.24, 2.45) is 0 Å². The summed E-state index contributed by atoms with van der Waals surface area (Å²) < 4.78 is 10.9. The van der Waals surface area contributed by atoms with Crippen molar-refractivity contribution in [3.05, 3.63) is 53.5 Å². The van der Waals surface area contributed by atoms with Crippen LogP contribution >= 0.6 is 0 Å². The molecule has 0 atom stereocenters. The highest BCUT2D eigenvalue weighted by atomic mass is 16.5. The van der Waals surface area contributed by atoms with E-state index in [-0.39, 0.29) is 24.0 Å². The second kappa shape index (κ2) is 6.56. The molecule has 120 valence electrons. The number of carbonyl (C=O) groups is 2. The van der Waals surface area contributed by atoms with Gasteiger partial charge < -0.3 is 19.6 Å². The van der Waals surface area contributed by atoms with Crippen molar-refractivity contribution in [3.8, 4) is 5.75 Å². The average molecular weight is 315 g/mol. The van der Waals surface area contributed by atoms with Gasteiger partial charge in [0, 0.05) is 18.2 Å². The van der Waals surface area contributed by atoms with Crippen LogP contribution in [-0.4, -0.2) is 23.1 Å². The Balaban J connectivity index is 1.63. The summed E-state index contributed by atoms with van der Waals surface area (Å²) in [5.41, 5.74) is 0.821. The molecule has 3 rings (SSSR count). The first-order chi connectivity index (χ1) is 11.1. The SMILES string of the molecule is O=C(O)c1coc(C(=O)NCc2ccccc2OC2CCC2)c1. The molecule has 1 aromatic heterocycles. The van der Waals surface area contributed by atoms with Crippen molar-refractivity contribution in [1.29, 1.82) is 0 Å². The summed E-state index contributed by atoms with van der Waals surface area (Å²) in [5.74, 6) is -0.856. The fourth-order valence-electron chi connectivity index (χ4n) is 2.26. The highest BCUT2D eigenvalue weighted by molar-refractivity contribution is 5.95. The fraction of sp³-hybridized carbons (Fsp3) is 0.294. The summed E-state index contributed by atoms with van der Waals surface area (Å²) in [4.78, 5) is 22.8. The van der Waals surface area contributed by atoms with Crippen LogP contribution in [0.25, 0.3) is 0 Å². The van der Waals surface area contributed by atoms with Gasteiger partial charge in [-0.25, -0.2) is 4.79 Å². The zero-order valence-electron chi connectivity index (χ0n) is 12.5. The van der Waals surface area contributed by atoms with E-state index in [4.69, 9.17) is 14.3 Å². The third-order valence-corrected chi connectivity index (χ3v) is 3.83. The fourth-order valence-corrected chi connectivity index (χ4v) is 2.26. The zero-order valence-corrected chi connectivity index (χ0v) is 12.5. The zero-order chi connectivity index (χ0) is 16.2. The number of ether oxygens (including phenoxy) is 1. The molecule has 1 aliphatic rings. The van der Waals surface area contributed by atoms with Gasteiger partial charge >= 0.3 is 5.97 Å². The number of rotatable bonds is 6. The molecule has 23 heavy (non-hydrogen) atoms. The average Bonchev–Trinajstić information content (AvgIpc) is 2.99. The summed E-state index contributed by atoms with van der Waals surface area (Å²) >= 11 is 0. The standard InChI is InChI=1S/C17H17NO5/c19-16(15-8-12(10-22-15)17(20)21)18-9-11-4-1-2-7-14(11)23-13-5-3-6-13/h1-2,4,7-8,10,13H,3,5-6,9H2,(H,18,19)(H,20,21). The Kier molecular flexibility index (Phi) is 4.32. The van der Waals surface area contributed by atoms with Crippen LogP contribution in [0.2, 0.25) is 0 Å². The van der Waals surface area contributed by atoms with Crippen molar-refractivity contribution in [2.75, 3.05) is 0 Å². The van der Waals surface area contributed by atoms with Crippen LogP contribution in [0, 0.1) is 0 Å². The van der Waals surface area contributed by atoms with E-state index in [1.54, 1.807) is 0 Å². The Bertz CT molecular complexity index is 717. The molecule has 0 radical (unpaired) electrons. The summed E-state index contributed by atoms with van der Waals surface area (Å²) in [7, 11) is 0. The molecule has 2 aromatic rings. The molecule has 0 spiro atoms. The molecule has 1 amide bonds. The van der Waals surface area contributed by atoms with E-state index in [2.05, 4.69) is 5.32 Å². The smallest absolute Gasteiger partial charge is 0.338 e. The van der Waals surface area contributed by atoms with Crippen LogP contribution in [-0.2, 0) is 6.54 Å². The number of carbonyl (C=O) groups excluding carboxylic acids is 1. The van der Waals surface area contributed by atoms with Gasteiger partial charge in [0.1, 0.15) is 12.0 Å². The van der Waals surface area contributed by atoms with Gasteiger partial charge in [0.2, 0.25) is 0 Å². The molecule has 1 fully saturated rings. The predicted octanol–water partition coefficient (Wildman–Crippen LogP) is 2.84. The molecule has 2 N–H and O–H groups in total. The van der Waals surface area contributed by atoms with Crippen LogP contribution in [0.15, 0.2) is 41.0 Å². The van der Waals surface area contributed by atoms with Gasteiger partial charge in [0.05, 0.1) is 11.7 Å². The molecule has 0 bridgehead atoms. The number of furan rings is 1. The van der Waals surface area contributed by atoms with Gasteiger partial charge in [0.25, 0.3) is 5.91 Å². The predicted molar refractivity (Wildman–Crippen MR) is 81.5 cm³/mol. The van der Waals surface area contributed by atoms with Gasteiger partial charge in [-0.05, 0) is 25.3 Å². The minimum Gasteiger partial charge on any atom is -0.490 e.